The average Bonchev–Trinajstić information content (AvgIpc) is 3.35. The molecule has 3 heterocycles. The van der Waals surface area contributed by atoms with E-state index < -0.39 is 0 Å². The zero-order valence-corrected chi connectivity index (χ0v) is 20.3. The normalized spacial score (nSPS) is 18.2. The number of para-hydroxylation sites is 1. The average molecular weight is 474 g/mol. The summed E-state index contributed by atoms with van der Waals surface area (Å²) in [5, 5.41) is 1.09. The minimum Gasteiger partial charge on any atom is -0.466 e. The number of piperidine rings is 1. The van der Waals surface area contributed by atoms with Gasteiger partial charge in [-0.05, 0) is 44.4 Å². The molecule has 2 aliphatic heterocycles. The summed E-state index contributed by atoms with van der Waals surface area (Å²) in [4.78, 5) is 45.7. The van der Waals surface area contributed by atoms with Crippen molar-refractivity contribution in [2.75, 3.05) is 26.2 Å². The number of benzene rings is 2. The van der Waals surface area contributed by atoms with E-state index in [0.717, 1.165) is 27.7 Å². The number of esters is 1. The van der Waals surface area contributed by atoms with Crippen LogP contribution in [0.2, 0.25) is 0 Å². The standard InChI is InChI=1S/C28H31N3O4/c1-3-35-28(34)19-12-15-30(16-13-19)24(32)14-17-31-26(20-8-4-5-9-21(20)27(31)33)25-18(2)29-23-11-7-6-10-22(23)25/h4-11,19,26,29H,3,12-17H2,1-2H3/t26-/m0/s1. The quantitative estimate of drug-likeness (QED) is 0.544. The summed E-state index contributed by atoms with van der Waals surface area (Å²) in [7, 11) is 0. The van der Waals surface area contributed by atoms with E-state index in [1.165, 1.54) is 0 Å². The second-order valence-corrected chi connectivity index (χ2v) is 9.35. The summed E-state index contributed by atoms with van der Waals surface area (Å²) >= 11 is 0. The maximum atomic E-state index is 13.5. The van der Waals surface area contributed by atoms with Gasteiger partial charge in [0, 0.05) is 53.8 Å². The molecule has 0 aliphatic carbocycles. The highest BCUT2D eigenvalue weighted by atomic mass is 16.5. The highest BCUT2D eigenvalue weighted by Crippen LogP contribution is 2.42. The van der Waals surface area contributed by atoms with Crippen LogP contribution in [-0.4, -0.2) is 58.8 Å². The third-order valence-corrected chi connectivity index (χ3v) is 7.31. The lowest BCUT2D eigenvalue weighted by atomic mass is 9.95. The molecule has 35 heavy (non-hydrogen) atoms. The second-order valence-electron chi connectivity index (χ2n) is 9.35. The molecule has 5 rings (SSSR count). The van der Waals surface area contributed by atoms with Gasteiger partial charge in [0.1, 0.15) is 0 Å². The molecule has 2 amide bonds. The first-order chi connectivity index (χ1) is 17.0. The largest absolute Gasteiger partial charge is 0.466 e. The highest BCUT2D eigenvalue weighted by molar-refractivity contribution is 6.01. The van der Waals surface area contributed by atoms with Crippen LogP contribution in [-0.2, 0) is 14.3 Å². The molecule has 2 aromatic carbocycles. The van der Waals surface area contributed by atoms with Gasteiger partial charge >= 0.3 is 5.97 Å². The first-order valence-corrected chi connectivity index (χ1v) is 12.4. The van der Waals surface area contributed by atoms with Gasteiger partial charge in [0.15, 0.2) is 0 Å². The lowest BCUT2D eigenvalue weighted by Crippen LogP contribution is -2.42. The van der Waals surface area contributed by atoms with Crippen molar-refractivity contribution in [3.8, 4) is 0 Å². The summed E-state index contributed by atoms with van der Waals surface area (Å²) in [6.45, 7) is 5.65. The van der Waals surface area contributed by atoms with Crippen LogP contribution < -0.4 is 0 Å². The second kappa shape index (κ2) is 9.56. The molecule has 1 fully saturated rings. The molecule has 0 radical (unpaired) electrons. The minimum atomic E-state index is -0.239. The Labute approximate surface area is 205 Å². The maximum absolute atomic E-state index is 13.5. The Bertz CT molecular complexity index is 1270. The molecule has 0 spiro atoms. The van der Waals surface area contributed by atoms with Gasteiger partial charge in [-0.2, -0.15) is 0 Å². The topological polar surface area (TPSA) is 82.7 Å². The summed E-state index contributed by atoms with van der Waals surface area (Å²) in [5.74, 6) is -0.325. The van der Waals surface area contributed by atoms with E-state index in [9.17, 15) is 14.4 Å². The number of aromatic amines is 1. The van der Waals surface area contributed by atoms with Crippen LogP contribution >= 0.6 is 0 Å². The first kappa shape index (κ1) is 23.1. The highest BCUT2D eigenvalue weighted by Gasteiger charge is 2.39. The number of nitrogens with zero attached hydrogens (tertiary/aromatic N) is 2. The lowest BCUT2D eigenvalue weighted by Gasteiger charge is -2.32. The van der Waals surface area contributed by atoms with Crippen molar-refractivity contribution in [2.24, 2.45) is 5.92 Å². The van der Waals surface area contributed by atoms with Crippen molar-refractivity contribution in [3.63, 3.8) is 0 Å². The van der Waals surface area contributed by atoms with Gasteiger partial charge in [0.25, 0.3) is 5.91 Å². The molecule has 1 aromatic heterocycles. The molecule has 1 saturated heterocycles. The number of carbonyl (C=O) groups is 3. The van der Waals surface area contributed by atoms with E-state index in [1.807, 2.05) is 59.2 Å². The molecule has 182 valence electrons. The Kier molecular flexibility index (Phi) is 6.32. The number of rotatable bonds is 6. The van der Waals surface area contributed by atoms with E-state index in [-0.39, 0.29) is 36.2 Å². The number of hydrogen-bond acceptors (Lipinski definition) is 4. The number of carbonyl (C=O) groups excluding carboxylic acids is 3. The number of amides is 2. The fraction of sp³-hybridized carbons (Fsp3) is 0.393. The number of ether oxygens (including phenoxy) is 1. The molecule has 0 unspecified atom stereocenters. The van der Waals surface area contributed by atoms with Crippen LogP contribution in [0.4, 0.5) is 0 Å². The Hall–Kier alpha value is -3.61. The van der Waals surface area contributed by atoms with E-state index in [2.05, 4.69) is 11.1 Å². The first-order valence-electron chi connectivity index (χ1n) is 12.4. The van der Waals surface area contributed by atoms with Crippen LogP contribution in [0, 0.1) is 12.8 Å². The Morgan fingerprint density at radius 2 is 1.77 bits per heavy atom. The van der Waals surface area contributed by atoms with Crippen LogP contribution in [0.1, 0.15) is 59.4 Å². The Balaban J connectivity index is 1.35. The maximum Gasteiger partial charge on any atom is 0.309 e. The summed E-state index contributed by atoms with van der Waals surface area (Å²) < 4.78 is 5.13. The third kappa shape index (κ3) is 4.20. The molecule has 0 bridgehead atoms. The number of likely N-dealkylation sites (tertiary alicyclic amines) is 1. The van der Waals surface area contributed by atoms with Crippen LogP contribution in [0.5, 0.6) is 0 Å². The number of aromatic nitrogens is 1. The van der Waals surface area contributed by atoms with Crippen molar-refractivity contribution in [1.29, 1.82) is 0 Å². The monoisotopic (exact) mass is 473 g/mol. The third-order valence-electron chi connectivity index (χ3n) is 7.31. The predicted molar refractivity (Wildman–Crippen MR) is 133 cm³/mol. The van der Waals surface area contributed by atoms with Gasteiger partial charge in [0.05, 0.1) is 18.6 Å². The van der Waals surface area contributed by atoms with E-state index >= 15 is 0 Å². The van der Waals surface area contributed by atoms with Gasteiger partial charge in [-0.1, -0.05) is 36.4 Å². The van der Waals surface area contributed by atoms with E-state index in [4.69, 9.17) is 4.74 Å². The van der Waals surface area contributed by atoms with Gasteiger partial charge in [-0.3, -0.25) is 14.4 Å². The molecule has 7 nitrogen and oxygen atoms in total. The van der Waals surface area contributed by atoms with Gasteiger partial charge < -0.3 is 19.5 Å². The molecule has 0 saturated carbocycles. The van der Waals surface area contributed by atoms with Crippen molar-refractivity contribution >= 4 is 28.7 Å². The smallest absolute Gasteiger partial charge is 0.309 e. The van der Waals surface area contributed by atoms with E-state index in [0.29, 0.717) is 44.6 Å². The molecule has 1 atom stereocenters. The number of fused-ring (bicyclic) bond motifs is 2. The Morgan fingerprint density at radius 1 is 1.06 bits per heavy atom. The van der Waals surface area contributed by atoms with Crippen molar-refractivity contribution in [1.82, 2.24) is 14.8 Å². The Morgan fingerprint density at radius 3 is 2.54 bits per heavy atom. The van der Waals surface area contributed by atoms with Crippen LogP contribution in [0.25, 0.3) is 10.9 Å². The SMILES string of the molecule is CCOC(=O)C1CCN(C(=O)CCN2C(=O)c3ccccc3[C@H]2c2c(C)[nH]c3ccccc23)CC1. The molecule has 3 aromatic rings. The summed E-state index contributed by atoms with van der Waals surface area (Å²) in [6.07, 6.45) is 1.49. The lowest BCUT2D eigenvalue weighted by molar-refractivity contribution is -0.151. The molecule has 2 aliphatic rings. The molecular formula is C28H31N3O4. The van der Waals surface area contributed by atoms with E-state index in [1.54, 1.807) is 6.92 Å². The zero-order valence-electron chi connectivity index (χ0n) is 20.3. The van der Waals surface area contributed by atoms with Crippen LogP contribution in [0.3, 0.4) is 0 Å². The summed E-state index contributed by atoms with van der Waals surface area (Å²) in [6, 6.07) is 15.6. The van der Waals surface area contributed by atoms with Crippen molar-refractivity contribution < 1.29 is 19.1 Å². The van der Waals surface area contributed by atoms with Gasteiger partial charge in [0.2, 0.25) is 5.91 Å². The summed E-state index contributed by atoms with van der Waals surface area (Å²) in [5.41, 5.74) is 4.83. The number of H-pyrrole nitrogens is 1. The van der Waals surface area contributed by atoms with Crippen molar-refractivity contribution in [3.05, 3.63) is 70.9 Å². The predicted octanol–water partition coefficient (Wildman–Crippen LogP) is 4.21. The minimum absolute atomic E-state index is 0.0189. The fourth-order valence-corrected chi connectivity index (χ4v) is 5.56. The van der Waals surface area contributed by atoms with Crippen LogP contribution in [0.15, 0.2) is 48.5 Å². The zero-order chi connectivity index (χ0) is 24.5. The fourth-order valence-electron chi connectivity index (χ4n) is 5.56. The van der Waals surface area contributed by atoms with Crippen molar-refractivity contribution in [2.45, 2.75) is 39.2 Å². The molecular weight excluding hydrogens is 442 g/mol. The number of hydrogen-bond donors (Lipinski definition) is 1. The van der Waals surface area contributed by atoms with Gasteiger partial charge in [-0.15, -0.1) is 0 Å². The van der Waals surface area contributed by atoms with Gasteiger partial charge in [-0.25, -0.2) is 0 Å². The number of aryl methyl sites for hydroxylation is 1. The molecule has 1 N–H and O–H groups in total. The molecule has 7 heteroatoms. The number of nitrogens with one attached hydrogen (secondary N) is 1.